The van der Waals surface area contributed by atoms with Crippen LogP contribution in [0.4, 0.5) is 0 Å². The summed E-state index contributed by atoms with van der Waals surface area (Å²) in [6, 6.07) is 1.72. The molecule has 0 unspecified atom stereocenters. The van der Waals surface area contributed by atoms with Crippen LogP contribution in [0.5, 0.6) is 5.75 Å². The highest BCUT2D eigenvalue weighted by Crippen LogP contribution is 2.02. The van der Waals surface area contributed by atoms with E-state index in [9.17, 15) is 0 Å². The Hall–Kier alpha value is -1.12. The Morgan fingerprint density at radius 2 is 2.67 bits per heavy atom. The third-order valence-electron chi connectivity index (χ3n) is 0.810. The Morgan fingerprint density at radius 3 is 3.22 bits per heavy atom. The molecule has 3 nitrogen and oxygen atoms in total. The summed E-state index contributed by atoms with van der Waals surface area (Å²) in [6.45, 7) is 2.55. The number of rotatable bonds is 2. The van der Waals surface area contributed by atoms with Crippen LogP contribution in [-0.2, 0) is 0 Å². The number of hydrogen-bond acceptors (Lipinski definition) is 3. The molecule has 3 heteroatoms. The number of aromatic nitrogens is 2. The predicted octanol–water partition coefficient (Wildman–Crippen LogP) is 0.675. The fraction of sp³-hybridized carbons (Fsp3) is 0.333. The third-order valence-corrected chi connectivity index (χ3v) is 0.810. The summed E-state index contributed by atoms with van der Waals surface area (Å²) in [5, 5.41) is 7.05. The molecule has 0 fully saturated rings. The van der Waals surface area contributed by atoms with Crippen LogP contribution in [0.2, 0.25) is 0 Å². The molecule has 1 rings (SSSR count). The van der Waals surface area contributed by atoms with Gasteiger partial charge >= 0.3 is 0 Å². The average Bonchev–Trinajstić information content (AvgIpc) is 1.91. The van der Waals surface area contributed by atoms with Crippen molar-refractivity contribution >= 4 is 0 Å². The van der Waals surface area contributed by atoms with E-state index in [1.165, 1.54) is 0 Å². The van der Waals surface area contributed by atoms with Crippen LogP contribution < -0.4 is 4.74 Å². The quantitative estimate of drug-likeness (QED) is 0.580. The molecule has 1 radical (unpaired) electrons. The van der Waals surface area contributed by atoms with Crippen LogP contribution in [0.1, 0.15) is 6.92 Å². The van der Waals surface area contributed by atoms with Crippen LogP contribution in [0.3, 0.4) is 0 Å². The maximum absolute atomic E-state index is 5.05. The molecule has 0 aliphatic rings. The Bertz CT molecular complexity index is 164. The van der Waals surface area contributed by atoms with Crippen LogP contribution in [-0.4, -0.2) is 16.8 Å². The summed E-state index contributed by atoms with van der Waals surface area (Å²) in [5.74, 6) is 0.646. The first-order chi connectivity index (χ1) is 4.43. The van der Waals surface area contributed by atoms with Crippen molar-refractivity contribution in [1.82, 2.24) is 10.2 Å². The zero-order valence-electron chi connectivity index (χ0n) is 5.16. The number of nitrogens with zero attached hydrogens (tertiary/aromatic N) is 2. The van der Waals surface area contributed by atoms with Crippen molar-refractivity contribution in [3.8, 4) is 5.75 Å². The van der Waals surface area contributed by atoms with E-state index in [2.05, 4.69) is 16.4 Å². The van der Waals surface area contributed by atoms with Gasteiger partial charge in [0.25, 0.3) is 0 Å². The summed E-state index contributed by atoms with van der Waals surface area (Å²) < 4.78 is 5.05. The van der Waals surface area contributed by atoms with Gasteiger partial charge in [-0.2, -0.15) is 5.10 Å². The van der Waals surface area contributed by atoms with Gasteiger partial charge in [0.05, 0.1) is 12.8 Å². The molecule has 0 saturated carbocycles. The second-order valence-corrected chi connectivity index (χ2v) is 1.44. The van der Waals surface area contributed by atoms with E-state index in [1.54, 1.807) is 12.3 Å². The molecule has 1 heterocycles. The van der Waals surface area contributed by atoms with Crippen molar-refractivity contribution in [3.05, 3.63) is 18.5 Å². The first-order valence-electron chi connectivity index (χ1n) is 2.75. The van der Waals surface area contributed by atoms with Crippen molar-refractivity contribution in [2.24, 2.45) is 0 Å². The van der Waals surface area contributed by atoms with Gasteiger partial charge in [-0.1, -0.05) is 0 Å². The zero-order chi connectivity index (χ0) is 6.53. The second kappa shape index (κ2) is 3.02. The largest absolute Gasteiger partial charge is 0.491 e. The van der Waals surface area contributed by atoms with Crippen LogP contribution in [0, 0.1) is 6.20 Å². The van der Waals surface area contributed by atoms with Crippen molar-refractivity contribution in [2.75, 3.05) is 6.61 Å². The van der Waals surface area contributed by atoms with Gasteiger partial charge in [0.1, 0.15) is 0 Å². The maximum Gasteiger partial charge on any atom is 0.159 e. The Kier molecular flexibility index (Phi) is 2.01. The maximum atomic E-state index is 5.05. The monoisotopic (exact) mass is 123 g/mol. The minimum Gasteiger partial charge on any atom is -0.491 e. The molecule has 0 amide bonds. The van der Waals surface area contributed by atoms with Gasteiger partial charge in [-0.25, -0.2) is 0 Å². The van der Waals surface area contributed by atoms with Gasteiger partial charge in [0.15, 0.2) is 11.9 Å². The van der Waals surface area contributed by atoms with Crippen molar-refractivity contribution < 1.29 is 4.74 Å². The minimum atomic E-state index is 0.641. The standard InChI is InChI=1S/C6H7N2O/c1-2-9-6-3-4-7-8-5-6/h3-4H,2H2,1H3. The lowest BCUT2D eigenvalue weighted by Gasteiger charge is -1.96. The van der Waals surface area contributed by atoms with E-state index in [4.69, 9.17) is 4.74 Å². The highest BCUT2D eigenvalue weighted by atomic mass is 16.5. The molecule has 0 spiro atoms. The summed E-state index contributed by atoms with van der Waals surface area (Å²) in [6.07, 6.45) is 4.16. The van der Waals surface area contributed by atoms with Crippen molar-refractivity contribution in [2.45, 2.75) is 6.92 Å². The summed E-state index contributed by atoms with van der Waals surface area (Å²) >= 11 is 0. The summed E-state index contributed by atoms with van der Waals surface area (Å²) in [5.41, 5.74) is 0. The molecule has 0 bridgehead atoms. The predicted molar refractivity (Wildman–Crippen MR) is 32.0 cm³/mol. The van der Waals surface area contributed by atoms with Gasteiger partial charge < -0.3 is 4.74 Å². The molecule has 0 aliphatic heterocycles. The van der Waals surface area contributed by atoms with E-state index in [1.807, 2.05) is 6.92 Å². The first kappa shape index (κ1) is 6.01. The van der Waals surface area contributed by atoms with Crippen molar-refractivity contribution in [3.63, 3.8) is 0 Å². The smallest absolute Gasteiger partial charge is 0.159 e. The molecule has 1 aromatic heterocycles. The topological polar surface area (TPSA) is 35.0 Å². The summed E-state index contributed by atoms with van der Waals surface area (Å²) in [4.78, 5) is 0. The second-order valence-electron chi connectivity index (χ2n) is 1.44. The van der Waals surface area contributed by atoms with Crippen LogP contribution in [0.25, 0.3) is 0 Å². The zero-order valence-corrected chi connectivity index (χ0v) is 5.16. The van der Waals surface area contributed by atoms with E-state index in [0.29, 0.717) is 12.4 Å². The van der Waals surface area contributed by atoms with E-state index < -0.39 is 0 Å². The number of hydrogen-bond donors (Lipinski definition) is 0. The van der Waals surface area contributed by atoms with Gasteiger partial charge in [-0.3, -0.25) is 0 Å². The Balaban J connectivity index is 2.61. The lowest BCUT2D eigenvalue weighted by atomic mass is 10.5. The van der Waals surface area contributed by atoms with E-state index >= 15 is 0 Å². The molecule has 0 saturated heterocycles. The van der Waals surface area contributed by atoms with E-state index in [-0.39, 0.29) is 0 Å². The molecule has 0 aliphatic carbocycles. The summed E-state index contributed by atoms with van der Waals surface area (Å²) in [7, 11) is 0. The Labute approximate surface area is 53.7 Å². The van der Waals surface area contributed by atoms with Gasteiger partial charge in [-0.05, 0) is 6.92 Å². The molecular formula is C6H7N2O. The highest BCUT2D eigenvalue weighted by Gasteiger charge is 1.87. The third kappa shape index (κ3) is 1.68. The Morgan fingerprint density at radius 1 is 1.78 bits per heavy atom. The molecule has 9 heavy (non-hydrogen) atoms. The van der Waals surface area contributed by atoms with Crippen LogP contribution >= 0.6 is 0 Å². The van der Waals surface area contributed by atoms with Gasteiger partial charge in [0.2, 0.25) is 0 Å². The fourth-order valence-corrected chi connectivity index (χ4v) is 0.486. The van der Waals surface area contributed by atoms with Crippen molar-refractivity contribution in [1.29, 1.82) is 0 Å². The van der Waals surface area contributed by atoms with Gasteiger partial charge in [0, 0.05) is 6.07 Å². The first-order valence-corrected chi connectivity index (χ1v) is 2.75. The lowest BCUT2D eigenvalue weighted by Crippen LogP contribution is -1.92. The lowest BCUT2D eigenvalue weighted by molar-refractivity contribution is 0.337. The van der Waals surface area contributed by atoms with Crippen LogP contribution in [0.15, 0.2) is 12.3 Å². The number of ether oxygens (including phenoxy) is 1. The molecular weight excluding hydrogens is 116 g/mol. The van der Waals surface area contributed by atoms with Gasteiger partial charge in [-0.15, -0.1) is 5.10 Å². The highest BCUT2D eigenvalue weighted by molar-refractivity contribution is 5.10. The molecule has 47 valence electrons. The molecule has 1 aromatic rings. The normalized spacial score (nSPS) is 9.00. The minimum absolute atomic E-state index is 0.641. The molecule has 0 aromatic carbocycles. The molecule has 0 atom stereocenters. The SMILES string of the molecule is CCOc1[c]nncc1. The average molecular weight is 123 g/mol. The van der Waals surface area contributed by atoms with E-state index in [0.717, 1.165) is 0 Å². The molecule has 0 N–H and O–H groups in total. The fourth-order valence-electron chi connectivity index (χ4n) is 0.486.